The van der Waals surface area contributed by atoms with Gasteiger partial charge in [0.05, 0.1) is 23.5 Å². The van der Waals surface area contributed by atoms with Crippen LogP contribution in [0.4, 0.5) is 5.69 Å². The fourth-order valence-corrected chi connectivity index (χ4v) is 5.16. The van der Waals surface area contributed by atoms with E-state index >= 15 is 0 Å². The highest BCUT2D eigenvalue weighted by atomic mass is 35.5. The summed E-state index contributed by atoms with van der Waals surface area (Å²) in [6.45, 7) is 4.76. The molecule has 2 heterocycles. The molecule has 0 bridgehead atoms. The van der Waals surface area contributed by atoms with Crippen molar-refractivity contribution in [2.24, 2.45) is 4.99 Å². The van der Waals surface area contributed by atoms with Crippen molar-refractivity contribution in [2.75, 3.05) is 11.4 Å². The van der Waals surface area contributed by atoms with Crippen LogP contribution in [0.2, 0.25) is 5.02 Å². The molecule has 6 rings (SSSR count). The number of nitrogens with zero attached hydrogens (tertiary/aromatic N) is 3. The van der Waals surface area contributed by atoms with Crippen molar-refractivity contribution in [2.45, 2.75) is 26.4 Å². The van der Waals surface area contributed by atoms with Gasteiger partial charge in [0.1, 0.15) is 11.8 Å². The van der Waals surface area contributed by atoms with Crippen LogP contribution in [0.3, 0.4) is 0 Å². The van der Waals surface area contributed by atoms with Crippen LogP contribution >= 0.6 is 11.6 Å². The van der Waals surface area contributed by atoms with Gasteiger partial charge in [-0.05, 0) is 85.1 Å². The van der Waals surface area contributed by atoms with Crippen LogP contribution in [0.15, 0.2) is 127 Å². The number of halogens is 1. The Labute approximate surface area is 267 Å². The van der Waals surface area contributed by atoms with Crippen LogP contribution in [0.5, 0.6) is 5.75 Å². The van der Waals surface area contributed by atoms with Crippen molar-refractivity contribution in [3.8, 4) is 16.9 Å². The zero-order valence-electron chi connectivity index (χ0n) is 25.0. The number of rotatable bonds is 6. The van der Waals surface area contributed by atoms with E-state index in [1.807, 2.05) is 44.2 Å². The van der Waals surface area contributed by atoms with E-state index in [1.54, 1.807) is 59.8 Å². The van der Waals surface area contributed by atoms with Crippen molar-refractivity contribution in [1.82, 2.24) is 10.3 Å². The molecule has 7 nitrogen and oxygen atoms in total. The summed E-state index contributed by atoms with van der Waals surface area (Å²) in [6, 6.07) is 33.7. The minimum atomic E-state index is -0.571. The molecule has 45 heavy (non-hydrogen) atoms. The van der Waals surface area contributed by atoms with Gasteiger partial charge in [-0.25, -0.2) is 0 Å². The molecule has 1 aliphatic rings. The van der Waals surface area contributed by atoms with Gasteiger partial charge in [0.2, 0.25) is 0 Å². The molecule has 4 aromatic carbocycles. The highest BCUT2D eigenvalue weighted by Crippen LogP contribution is 2.33. The smallest absolute Gasteiger partial charge is 0.252 e. The number of hydrogen-bond acceptors (Lipinski definition) is 5. The Morgan fingerprint density at radius 1 is 0.889 bits per heavy atom. The second-order valence-electron chi connectivity index (χ2n) is 10.5. The lowest BCUT2D eigenvalue weighted by atomic mass is 9.99. The number of carbonyl (C=O) groups is 2. The highest BCUT2D eigenvalue weighted by molar-refractivity contribution is 6.32. The maximum absolute atomic E-state index is 13.5. The van der Waals surface area contributed by atoms with E-state index in [0.717, 1.165) is 33.5 Å². The van der Waals surface area contributed by atoms with Gasteiger partial charge in [-0.2, -0.15) is 0 Å². The van der Waals surface area contributed by atoms with Gasteiger partial charge in [-0.1, -0.05) is 66.2 Å². The number of aliphatic imine (C=N–C) groups is 1. The molecule has 1 atom stereocenters. The van der Waals surface area contributed by atoms with Crippen molar-refractivity contribution in [1.29, 1.82) is 0 Å². The lowest BCUT2D eigenvalue weighted by Gasteiger charge is -2.25. The highest BCUT2D eigenvalue weighted by Gasteiger charge is 2.30. The molecule has 8 heteroatoms. The normalized spacial score (nSPS) is 13.9. The molecule has 226 valence electrons. The third-order valence-electron chi connectivity index (χ3n) is 7.25. The van der Waals surface area contributed by atoms with E-state index < -0.39 is 6.04 Å². The lowest BCUT2D eigenvalue weighted by molar-refractivity contribution is -0.119. The number of phenolic OH excluding ortho intramolecular Hbond substituents is 1. The fraction of sp³-hybridized carbons (Fsp3) is 0.135. The van der Waals surface area contributed by atoms with Crippen LogP contribution in [0, 0.1) is 0 Å². The number of carbonyl (C=O) groups excluding carboxylic acids is 2. The number of aromatic hydroxyl groups is 1. The number of benzodiazepines with no additional fused rings is 1. The maximum Gasteiger partial charge on any atom is 0.252 e. The summed E-state index contributed by atoms with van der Waals surface area (Å²) < 4.78 is 0. The third kappa shape index (κ3) is 7.63. The molecule has 0 spiro atoms. The van der Waals surface area contributed by atoms with Crippen molar-refractivity contribution >= 4 is 34.8 Å². The number of aromatic nitrogens is 1. The molecule has 0 saturated carbocycles. The maximum atomic E-state index is 13.5. The molecule has 5 aromatic rings. The average Bonchev–Trinajstić information content (AvgIpc) is 3.17. The molecule has 1 aromatic heterocycles. The molecule has 0 saturated heterocycles. The van der Waals surface area contributed by atoms with E-state index in [0.29, 0.717) is 29.4 Å². The number of fused-ring (bicyclic) bond motifs is 1. The van der Waals surface area contributed by atoms with Crippen LogP contribution in [0.1, 0.15) is 40.9 Å². The number of phenols is 1. The Balaban J connectivity index is 0.000000309. The first-order valence-electron chi connectivity index (χ1n) is 14.6. The first-order valence-corrected chi connectivity index (χ1v) is 15.0. The van der Waals surface area contributed by atoms with Gasteiger partial charge < -0.3 is 15.3 Å². The van der Waals surface area contributed by atoms with Crippen LogP contribution in [-0.2, 0) is 11.3 Å². The van der Waals surface area contributed by atoms with Crippen LogP contribution in [0.25, 0.3) is 11.1 Å². The molecular formula is C37H33ClN4O3. The molecule has 0 fully saturated rings. The number of hydrogen-bond donors (Lipinski definition) is 2. The monoisotopic (exact) mass is 616 g/mol. The van der Waals surface area contributed by atoms with E-state index in [2.05, 4.69) is 46.7 Å². The summed E-state index contributed by atoms with van der Waals surface area (Å²) in [5.41, 5.74) is 6.96. The number of amides is 2. The molecule has 2 amide bonds. The van der Waals surface area contributed by atoms with Gasteiger partial charge >= 0.3 is 0 Å². The van der Waals surface area contributed by atoms with Gasteiger partial charge in [0, 0.05) is 35.1 Å². The van der Waals surface area contributed by atoms with E-state index in [1.165, 1.54) is 0 Å². The molecule has 2 N–H and O–H groups in total. The summed E-state index contributed by atoms with van der Waals surface area (Å²) in [7, 11) is 0. The fourth-order valence-electron chi connectivity index (χ4n) is 4.98. The first-order chi connectivity index (χ1) is 21.8. The zero-order valence-corrected chi connectivity index (χ0v) is 25.8. The molecule has 1 unspecified atom stereocenters. The van der Waals surface area contributed by atoms with Gasteiger partial charge in [0.15, 0.2) is 0 Å². The Bertz CT molecular complexity index is 1790. The minimum absolute atomic E-state index is 0.0689. The summed E-state index contributed by atoms with van der Waals surface area (Å²) in [4.78, 5) is 34.9. The second kappa shape index (κ2) is 14.5. The van der Waals surface area contributed by atoms with Crippen LogP contribution in [-0.4, -0.2) is 40.2 Å². The zero-order chi connectivity index (χ0) is 31.8. The SMILES string of the molecule is CC1N=C(c2ccc(O)cc2)c2cc(Cl)ccc2N(Cc2ccc(-c3ccccc3)cc2)C1=O.CCNC(=O)c1cccnc1. The predicted molar refractivity (Wildman–Crippen MR) is 180 cm³/mol. The van der Waals surface area contributed by atoms with E-state index in [4.69, 9.17) is 16.6 Å². The summed E-state index contributed by atoms with van der Waals surface area (Å²) >= 11 is 6.37. The molecule has 0 radical (unpaired) electrons. The van der Waals surface area contributed by atoms with Gasteiger partial charge in [0.25, 0.3) is 11.8 Å². The predicted octanol–water partition coefficient (Wildman–Crippen LogP) is 7.32. The van der Waals surface area contributed by atoms with Crippen LogP contribution < -0.4 is 10.2 Å². The quantitative estimate of drug-likeness (QED) is 0.209. The average molecular weight is 617 g/mol. The third-order valence-corrected chi connectivity index (χ3v) is 7.49. The topological polar surface area (TPSA) is 94.9 Å². The standard InChI is InChI=1S/C29H23ClN2O2.C8H10N2O/c1-19-29(34)32(18-20-7-9-22(10-8-20)21-5-3-2-4-6-21)27-16-13-24(30)17-26(27)28(31-19)23-11-14-25(33)15-12-23;1-2-10-8(11)7-4-3-5-9-6-7/h2-17,19,33H,18H2,1H3;3-6H,2H2,1H3,(H,10,11). The van der Waals surface area contributed by atoms with Crippen molar-refractivity contribution in [3.63, 3.8) is 0 Å². The van der Waals surface area contributed by atoms with Crippen molar-refractivity contribution < 1.29 is 14.7 Å². The number of pyridine rings is 1. The first kappa shape index (κ1) is 31.2. The Morgan fingerprint density at radius 3 is 2.24 bits per heavy atom. The molecule has 0 aliphatic carbocycles. The Kier molecular flexibility index (Phi) is 10.0. The Hall–Kier alpha value is -5.27. The van der Waals surface area contributed by atoms with E-state index in [-0.39, 0.29) is 17.6 Å². The van der Waals surface area contributed by atoms with E-state index in [9.17, 15) is 14.7 Å². The second-order valence-corrected chi connectivity index (χ2v) is 10.9. The molecular weight excluding hydrogens is 584 g/mol. The van der Waals surface area contributed by atoms with Crippen molar-refractivity contribution in [3.05, 3.63) is 149 Å². The molecule has 1 aliphatic heterocycles. The lowest BCUT2D eigenvalue weighted by Crippen LogP contribution is -2.36. The Morgan fingerprint density at radius 2 is 1.58 bits per heavy atom. The number of benzene rings is 4. The number of nitrogens with one attached hydrogen (secondary N) is 1. The van der Waals surface area contributed by atoms with Gasteiger partial charge in [-0.3, -0.25) is 19.6 Å². The number of anilines is 1. The minimum Gasteiger partial charge on any atom is -0.508 e. The summed E-state index contributed by atoms with van der Waals surface area (Å²) in [5.74, 6) is 0.0269. The summed E-state index contributed by atoms with van der Waals surface area (Å²) in [6.07, 6.45) is 3.19. The van der Waals surface area contributed by atoms with Gasteiger partial charge in [-0.15, -0.1) is 0 Å². The summed E-state index contributed by atoms with van der Waals surface area (Å²) in [5, 5.41) is 13.0. The largest absolute Gasteiger partial charge is 0.508 e.